The molecule has 3 heteroatoms. The average Bonchev–Trinajstić information content (AvgIpc) is 2.47. The Morgan fingerprint density at radius 2 is 1.90 bits per heavy atom. The molecule has 2 rings (SSSR count). The first-order valence-corrected chi connectivity index (χ1v) is 7.60. The zero-order valence-electron chi connectivity index (χ0n) is 13.3. The van der Waals surface area contributed by atoms with E-state index in [-0.39, 0.29) is 5.54 Å². The number of rotatable bonds is 5. The van der Waals surface area contributed by atoms with Gasteiger partial charge in [0.25, 0.3) is 0 Å². The van der Waals surface area contributed by atoms with Crippen LogP contribution in [-0.4, -0.2) is 49.8 Å². The fourth-order valence-electron chi connectivity index (χ4n) is 3.12. The van der Waals surface area contributed by atoms with Crippen LogP contribution in [0.15, 0.2) is 24.3 Å². The van der Waals surface area contributed by atoms with E-state index in [9.17, 15) is 0 Å². The molecule has 1 unspecified atom stereocenters. The van der Waals surface area contributed by atoms with Crippen LogP contribution >= 0.6 is 0 Å². The summed E-state index contributed by atoms with van der Waals surface area (Å²) >= 11 is 0. The first-order valence-electron chi connectivity index (χ1n) is 7.60. The molecule has 1 saturated heterocycles. The molecule has 1 aromatic rings. The van der Waals surface area contributed by atoms with E-state index in [1.165, 1.54) is 11.1 Å². The van der Waals surface area contributed by atoms with Gasteiger partial charge in [0, 0.05) is 24.7 Å². The minimum atomic E-state index is 0.126. The van der Waals surface area contributed by atoms with Crippen LogP contribution in [-0.2, 0) is 11.2 Å². The van der Waals surface area contributed by atoms with Crippen molar-refractivity contribution in [2.75, 3.05) is 33.4 Å². The van der Waals surface area contributed by atoms with E-state index in [2.05, 4.69) is 62.3 Å². The molecule has 1 aliphatic rings. The summed E-state index contributed by atoms with van der Waals surface area (Å²) in [6.45, 7) is 10.6. The van der Waals surface area contributed by atoms with Gasteiger partial charge < -0.3 is 10.1 Å². The molecule has 20 heavy (non-hydrogen) atoms. The van der Waals surface area contributed by atoms with E-state index in [1.807, 2.05) is 0 Å². The lowest BCUT2D eigenvalue weighted by Crippen LogP contribution is -2.60. The Balaban J connectivity index is 2.12. The molecule has 112 valence electrons. The van der Waals surface area contributed by atoms with Crippen LogP contribution < -0.4 is 5.32 Å². The summed E-state index contributed by atoms with van der Waals surface area (Å²) in [5, 5.41) is 3.53. The lowest BCUT2D eigenvalue weighted by atomic mass is 9.86. The van der Waals surface area contributed by atoms with Gasteiger partial charge in [0.2, 0.25) is 0 Å². The molecule has 0 spiro atoms. The van der Waals surface area contributed by atoms with E-state index < -0.39 is 0 Å². The summed E-state index contributed by atoms with van der Waals surface area (Å²) in [7, 11) is 2.07. The van der Waals surface area contributed by atoms with Crippen molar-refractivity contribution in [2.24, 2.45) is 0 Å². The summed E-state index contributed by atoms with van der Waals surface area (Å²) in [4.78, 5) is 2.55. The van der Waals surface area contributed by atoms with E-state index in [0.29, 0.717) is 6.04 Å². The van der Waals surface area contributed by atoms with Gasteiger partial charge in [-0.25, -0.2) is 0 Å². The second-order valence-electron chi connectivity index (χ2n) is 6.22. The number of nitrogens with one attached hydrogen (secondary N) is 1. The third kappa shape index (κ3) is 3.40. The van der Waals surface area contributed by atoms with Crippen LogP contribution in [0.25, 0.3) is 0 Å². The minimum Gasteiger partial charge on any atom is -0.379 e. The van der Waals surface area contributed by atoms with Crippen molar-refractivity contribution >= 4 is 0 Å². The highest BCUT2D eigenvalue weighted by Gasteiger charge is 2.35. The van der Waals surface area contributed by atoms with Crippen molar-refractivity contribution in [3.63, 3.8) is 0 Å². The summed E-state index contributed by atoms with van der Waals surface area (Å²) in [5.41, 5.74) is 2.94. The number of benzene rings is 1. The minimum absolute atomic E-state index is 0.126. The smallest absolute Gasteiger partial charge is 0.0594 e. The highest BCUT2D eigenvalue weighted by molar-refractivity contribution is 5.27. The van der Waals surface area contributed by atoms with Gasteiger partial charge in [0.05, 0.1) is 13.2 Å². The molecular weight excluding hydrogens is 248 g/mol. The van der Waals surface area contributed by atoms with Crippen LogP contribution in [0.1, 0.15) is 25.0 Å². The predicted octanol–water partition coefficient (Wildman–Crippen LogP) is 2.24. The van der Waals surface area contributed by atoms with Crippen LogP contribution in [0.4, 0.5) is 0 Å². The van der Waals surface area contributed by atoms with Gasteiger partial charge in [0.1, 0.15) is 0 Å². The molecule has 1 heterocycles. The number of morpholine rings is 1. The second kappa shape index (κ2) is 6.70. The first-order chi connectivity index (χ1) is 9.55. The fourth-order valence-corrected chi connectivity index (χ4v) is 3.12. The molecule has 3 nitrogen and oxygen atoms in total. The molecule has 0 bridgehead atoms. The Hall–Kier alpha value is -0.900. The average molecular weight is 276 g/mol. The number of likely N-dealkylation sites (N-methyl/N-ethyl adjacent to an activating group) is 1. The van der Waals surface area contributed by atoms with Gasteiger partial charge in [-0.2, -0.15) is 0 Å². The van der Waals surface area contributed by atoms with E-state index in [4.69, 9.17) is 4.74 Å². The first kappa shape index (κ1) is 15.5. The van der Waals surface area contributed by atoms with Crippen molar-refractivity contribution in [1.82, 2.24) is 10.2 Å². The number of nitrogens with zero attached hydrogens (tertiary/aromatic N) is 1. The largest absolute Gasteiger partial charge is 0.379 e. The molecule has 1 aliphatic heterocycles. The van der Waals surface area contributed by atoms with E-state index >= 15 is 0 Å². The lowest BCUT2D eigenvalue weighted by Gasteiger charge is -2.46. The highest BCUT2D eigenvalue weighted by Crippen LogP contribution is 2.24. The Bertz CT molecular complexity index is 425. The van der Waals surface area contributed by atoms with Gasteiger partial charge in [-0.05, 0) is 45.4 Å². The van der Waals surface area contributed by atoms with Gasteiger partial charge in [-0.3, -0.25) is 4.90 Å². The number of hydrogen-bond donors (Lipinski definition) is 1. The third-order valence-electron chi connectivity index (χ3n) is 4.71. The second-order valence-corrected chi connectivity index (χ2v) is 6.22. The van der Waals surface area contributed by atoms with Crippen LogP contribution in [0.5, 0.6) is 0 Å². The molecular formula is C17H28N2O. The maximum Gasteiger partial charge on any atom is 0.0594 e. The Kier molecular flexibility index (Phi) is 5.19. The monoisotopic (exact) mass is 276 g/mol. The van der Waals surface area contributed by atoms with Gasteiger partial charge in [-0.15, -0.1) is 0 Å². The van der Waals surface area contributed by atoms with E-state index in [0.717, 1.165) is 32.7 Å². The van der Waals surface area contributed by atoms with Crippen molar-refractivity contribution in [3.05, 3.63) is 35.4 Å². The molecule has 1 fully saturated rings. The SMILES string of the molecule is CNC(Cc1ccccc1C)C(C)(C)N1CCOCC1. The fraction of sp³-hybridized carbons (Fsp3) is 0.647. The number of hydrogen-bond acceptors (Lipinski definition) is 3. The van der Waals surface area contributed by atoms with Gasteiger partial charge >= 0.3 is 0 Å². The van der Waals surface area contributed by atoms with Crippen molar-refractivity contribution < 1.29 is 4.74 Å². The molecule has 1 atom stereocenters. The Morgan fingerprint density at radius 3 is 2.50 bits per heavy atom. The van der Waals surface area contributed by atoms with Crippen LogP contribution in [0, 0.1) is 6.92 Å². The Labute approximate surface area is 123 Å². The maximum atomic E-state index is 5.48. The summed E-state index contributed by atoms with van der Waals surface area (Å²) in [6.07, 6.45) is 1.06. The van der Waals surface area contributed by atoms with E-state index in [1.54, 1.807) is 0 Å². The van der Waals surface area contributed by atoms with Crippen LogP contribution in [0.3, 0.4) is 0 Å². The standard InChI is InChI=1S/C17H28N2O/c1-14-7-5-6-8-15(14)13-16(18-4)17(2,3)19-9-11-20-12-10-19/h5-8,16,18H,9-13H2,1-4H3. The molecule has 0 aliphatic carbocycles. The quantitative estimate of drug-likeness (QED) is 0.892. The molecule has 1 aromatic carbocycles. The number of aryl methyl sites for hydroxylation is 1. The Morgan fingerprint density at radius 1 is 1.25 bits per heavy atom. The number of ether oxygens (including phenoxy) is 1. The highest BCUT2D eigenvalue weighted by atomic mass is 16.5. The van der Waals surface area contributed by atoms with Crippen molar-refractivity contribution in [1.29, 1.82) is 0 Å². The van der Waals surface area contributed by atoms with Crippen LogP contribution in [0.2, 0.25) is 0 Å². The zero-order chi connectivity index (χ0) is 14.6. The van der Waals surface area contributed by atoms with Crippen molar-refractivity contribution in [2.45, 2.75) is 38.8 Å². The molecule has 0 radical (unpaired) electrons. The van der Waals surface area contributed by atoms with Gasteiger partial charge in [0.15, 0.2) is 0 Å². The zero-order valence-corrected chi connectivity index (χ0v) is 13.3. The predicted molar refractivity (Wildman–Crippen MR) is 84.2 cm³/mol. The molecule has 1 N–H and O–H groups in total. The molecule has 0 amide bonds. The summed E-state index contributed by atoms with van der Waals surface area (Å²) in [5.74, 6) is 0. The topological polar surface area (TPSA) is 24.5 Å². The third-order valence-corrected chi connectivity index (χ3v) is 4.71. The van der Waals surface area contributed by atoms with Gasteiger partial charge in [-0.1, -0.05) is 24.3 Å². The molecule has 0 saturated carbocycles. The normalized spacial score (nSPS) is 19.0. The lowest BCUT2D eigenvalue weighted by molar-refractivity contribution is -0.0223. The summed E-state index contributed by atoms with van der Waals surface area (Å²) < 4.78 is 5.48. The van der Waals surface area contributed by atoms with Crippen molar-refractivity contribution in [3.8, 4) is 0 Å². The maximum absolute atomic E-state index is 5.48. The molecule has 0 aromatic heterocycles. The summed E-state index contributed by atoms with van der Waals surface area (Å²) in [6, 6.07) is 9.12.